The van der Waals surface area contributed by atoms with Crippen molar-refractivity contribution in [1.29, 1.82) is 0 Å². The molecule has 8 heteroatoms. The molecule has 0 saturated heterocycles. The van der Waals surface area contributed by atoms with E-state index in [1.165, 1.54) is 12.1 Å². The van der Waals surface area contributed by atoms with Gasteiger partial charge in [-0.1, -0.05) is 23.7 Å². The van der Waals surface area contributed by atoms with Crippen molar-refractivity contribution in [3.8, 4) is 11.1 Å². The highest BCUT2D eigenvalue weighted by Gasteiger charge is 2.13. The monoisotopic (exact) mass is 482 g/mol. The molecular formula is C25H20ClFN2O3S. The lowest BCUT2D eigenvalue weighted by Gasteiger charge is -2.08. The number of halogens is 2. The predicted molar refractivity (Wildman–Crippen MR) is 129 cm³/mol. The molecule has 0 aliphatic rings. The van der Waals surface area contributed by atoms with Gasteiger partial charge in [0.1, 0.15) is 5.82 Å². The predicted octanol–water partition coefficient (Wildman–Crippen LogP) is 4.97. The van der Waals surface area contributed by atoms with E-state index in [1.54, 1.807) is 42.6 Å². The van der Waals surface area contributed by atoms with Crippen LogP contribution in [0, 0.1) is 5.82 Å². The normalized spacial score (nSPS) is 11.2. The zero-order valence-corrected chi connectivity index (χ0v) is 19.1. The fourth-order valence-electron chi connectivity index (χ4n) is 3.63. The minimum absolute atomic E-state index is 0.244. The molecule has 5 nitrogen and oxygen atoms in total. The minimum Gasteiger partial charge on any atom is -0.289 e. The fourth-order valence-corrected chi connectivity index (χ4v) is 4.10. The lowest BCUT2D eigenvalue weighted by atomic mass is 9.97. The van der Waals surface area contributed by atoms with Crippen LogP contribution in [0.25, 0.3) is 22.0 Å². The zero-order valence-electron chi connectivity index (χ0n) is 17.4. The lowest BCUT2D eigenvalue weighted by Crippen LogP contribution is -2.13. The lowest BCUT2D eigenvalue weighted by molar-refractivity contribution is 0.103. The molecule has 33 heavy (non-hydrogen) atoms. The quantitative estimate of drug-likeness (QED) is 0.211. The first kappa shape index (κ1) is 23.0. The summed E-state index contributed by atoms with van der Waals surface area (Å²) in [7, 11) is -2.66. The third kappa shape index (κ3) is 5.82. The number of fused-ring (bicyclic) bond motifs is 1. The van der Waals surface area contributed by atoms with Gasteiger partial charge in [0.15, 0.2) is 5.78 Å². The van der Waals surface area contributed by atoms with Gasteiger partial charge in [0.05, 0.1) is 5.52 Å². The third-order valence-corrected chi connectivity index (χ3v) is 5.96. The fraction of sp³-hybridized carbons (Fsp3) is 0.120. The number of benzene rings is 3. The molecule has 3 aromatic carbocycles. The number of aryl methyl sites for hydroxylation is 1. The summed E-state index contributed by atoms with van der Waals surface area (Å²) in [5.41, 5.74) is 3.90. The summed E-state index contributed by atoms with van der Waals surface area (Å²) in [6, 6.07) is 18.8. The minimum atomic E-state index is -2.66. The zero-order chi connectivity index (χ0) is 23.4. The van der Waals surface area contributed by atoms with E-state index in [2.05, 4.69) is 9.71 Å². The highest BCUT2D eigenvalue weighted by atomic mass is 35.5. The van der Waals surface area contributed by atoms with Gasteiger partial charge in [0.25, 0.3) is 0 Å². The summed E-state index contributed by atoms with van der Waals surface area (Å²) >= 11 is 5.97. The molecule has 1 aromatic heterocycles. The Hall–Kier alpha value is -3.13. The van der Waals surface area contributed by atoms with Crippen LogP contribution in [0.5, 0.6) is 0 Å². The second-order valence-corrected chi connectivity index (χ2v) is 8.85. The molecule has 0 bridgehead atoms. The average Bonchev–Trinajstić information content (AvgIpc) is 2.80. The summed E-state index contributed by atoms with van der Waals surface area (Å²) in [4.78, 5) is 17.6. The number of ketones is 1. The number of hydrogen-bond acceptors (Lipinski definition) is 4. The van der Waals surface area contributed by atoms with Crippen LogP contribution in [0.3, 0.4) is 0 Å². The van der Waals surface area contributed by atoms with E-state index in [0.29, 0.717) is 29.0 Å². The van der Waals surface area contributed by atoms with Gasteiger partial charge in [-0.05, 0) is 78.6 Å². The van der Waals surface area contributed by atoms with Crippen molar-refractivity contribution >= 4 is 39.2 Å². The molecule has 0 atom stereocenters. The molecule has 1 heterocycles. The van der Waals surface area contributed by atoms with Crippen LogP contribution >= 0.6 is 11.6 Å². The first-order chi connectivity index (χ1) is 15.9. The van der Waals surface area contributed by atoms with Crippen LogP contribution in [0.4, 0.5) is 4.39 Å². The van der Waals surface area contributed by atoms with Gasteiger partial charge in [-0.2, -0.15) is 0 Å². The Balaban J connectivity index is 1.60. The van der Waals surface area contributed by atoms with E-state index in [1.807, 2.05) is 18.2 Å². The number of hydrogen-bond donors (Lipinski definition) is 2. The van der Waals surface area contributed by atoms with E-state index in [4.69, 9.17) is 11.6 Å². The number of nitrogens with one attached hydrogen (secondary N) is 1. The Morgan fingerprint density at radius 1 is 0.939 bits per heavy atom. The summed E-state index contributed by atoms with van der Waals surface area (Å²) in [6.45, 7) is 0.256. The van der Waals surface area contributed by atoms with Crippen LogP contribution in [0.1, 0.15) is 27.9 Å². The summed E-state index contributed by atoms with van der Waals surface area (Å²) in [6.07, 6.45) is 2.71. The van der Waals surface area contributed by atoms with Crippen molar-refractivity contribution in [2.45, 2.75) is 12.8 Å². The van der Waals surface area contributed by atoms with Crippen molar-refractivity contribution < 1.29 is 17.6 Å². The Bertz CT molecular complexity index is 1400. The van der Waals surface area contributed by atoms with Crippen molar-refractivity contribution in [3.63, 3.8) is 0 Å². The highest BCUT2D eigenvalue weighted by Crippen LogP contribution is 2.26. The second kappa shape index (κ2) is 10.2. The number of aromatic nitrogens is 1. The molecule has 168 valence electrons. The Kier molecular flexibility index (Phi) is 7.13. The Morgan fingerprint density at radius 3 is 2.48 bits per heavy atom. The molecule has 0 saturated carbocycles. The smallest absolute Gasteiger partial charge is 0.201 e. The van der Waals surface area contributed by atoms with Gasteiger partial charge in [-0.15, -0.1) is 0 Å². The van der Waals surface area contributed by atoms with Crippen molar-refractivity contribution in [1.82, 2.24) is 9.71 Å². The third-order valence-electron chi connectivity index (χ3n) is 5.22. The molecule has 0 aliphatic heterocycles. The van der Waals surface area contributed by atoms with E-state index >= 15 is 0 Å². The number of pyridine rings is 1. The SMILES string of the molecule is O=C(c1cc(F)cc(CCCN[SH](=O)=O)c1)c1ccc2ncc(-c3ccc(Cl)cc3)cc2c1. The van der Waals surface area contributed by atoms with Crippen molar-refractivity contribution in [2.24, 2.45) is 0 Å². The highest BCUT2D eigenvalue weighted by molar-refractivity contribution is 7.70. The van der Waals surface area contributed by atoms with Gasteiger partial charge in [0.2, 0.25) is 10.9 Å². The van der Waals surface area contributed by atoms with E-state index in [-0.39, 0.29) is 17.9 Å². The molecule has 0 radical (unpaired) electrons. The average molecular weight is 483 g/mol. The molecule has 0 spiro atoms. The number of carbonyl (C=O) groups is 1. The molecule has 4 rings (SSSR count). The summed E-state index contributed by atoms with van der Waals surface area (Å²) in [5, 5.41) is 1.44. The Labute approximate surface area is 197 Å². The van der Waals surface area contributed by atoms with Gasteiger partial charge in [-0.25, -0.2) is 17.5 Å². The topological polar surface area (TPSA) is 76.1 Å². The summed E-state index contributed by atoms with van der Waals surface area (Å²) in [5.74, 6) is -0.804. The number of nitrogens with zero attached hydrogens (tertiary/aromatic N) is 1. The largest absolute Gasteiger partial charge is 0.289 e. The van der Waals surface area contributed by atoms with Crippen molar-refractivity contribution in [3.05, 3.63) is 100 Å². The van der Waals surface area contributed by atoms with Crippen molar-refractivity contribution in [2.75, 3.05) is 6.54 Å². The standard InChI is InChI=1S/C25H20ClFN2O3S/c26-22-6-3-17(4-7-22)21-13-19-12-18(5-8-24(19)28-15-21)25(30)20-10-16(11-23(27)14-20)2-1-9-29-33(31)32/h3-8,10-15,33H,1-2,9H2,(H,29,31,32). The molecular weight excluding hydrogens is 463 g/mol. The number of rotatable bonds is 8. The first-order valence-electron chi connectivity index (χ1n) is 10.3. The maximum absolute atomic E-state index is 14.2. The second-order valence-electron chi connectivity index (χ2n) is 7.58. The molecule has 0 fully saturated rings. The summed E-state index contributed by atoms with van der Waals surface area (Å²) < 4.78 is 37.7. The molecule has 0 aliphatic carbocycles. The van der Waals surface area contributed by atoms with Crippen LogP contribution in [-0.2, 0) is 17.3 Å². The number of thiol groups is 1. The van der Waals surface area contributed by atoms with Gasteiger partial charge in [0, 0.05) is 39.8 Å². The van der Waals surface area contributed by atoms with Gasteiger partial charge >= 0.3 is 0 Å². The molecule has 1 N–H and O–H groups in total. The van der Waals surface area contributed by atoms with Gasteiger partial charge < -0.3 is 0 Å². The molecule has 0 unspecified atom stereocenters. The Morgan fingerprint density at radius 2 is 1.73 bits per heavy atom. The first-order valence-corrected chi connectivity index (χ1v) is 11.8. The maximum atomic E-state index is 14.2. The maximum Gasteiger partial charge on any atom is 0.201 e. The van der Waals surface area contributed by atoms with Crippen LogP contribution in [-0.4, -0.2) is 25.7 Å². The van der Waals surface area contributed by atoms with Gasteiger partial charge in [-0.3, -0.25) is 9.78 Å². The van der Waals surface area contributed by atoms with E-state index < -0.39 is 16.7 Å². The van der Waals surface area contributed by atoms with Crippen LogP contribution in [0.2, 0.25) is 5.02 Å². The van der Waals surface area contributed by atoms with E-state index in [0.717, 1.165) is 22.0 Å². The molecule has 0 amide bonds. The van der Waals surface area contributed by atoms with Crippen LogP contribution in [0.15, 0.2) is 72.9 Å². The number of carbonyl (C=O) groups excluding carboxylic acids is 1. The van der Waals surface area contributed by atoms with Crippen LogP contribution < -0.4 is 4.72 Å². The molecule has 4 aromatic rings. The van der Waals surface area contributed by atoms with E-state index in [9.17, 15) is 17.6 Å².